The molecule has 0 aromatic heterocycles. The average Bonchev–Trinajstić information content (AvgIpc) is 2.98. The van der Waals surface area contributed by atoms with Gasteiger partial charge in [0.2, 0.25) is 0 Å². The normalized spacial score (nSPS) is 11.3. The van der Waals surface area contributed by atoms with Gasteiger partial charge in [0.05, 0.1) is 0 Å². The first-order valence-electron chi connectivity index (χ1n) is 5.07. The first-order chi connectivity index (χ1) is 10.8. The molecule has 0 aromatic rings. The number of nitrogens with zero attached hydrogens (tertiary/aromatic N) is 2. The summed E-state index contributed by atoms with van der Waals surface area (Å²) in [4.78, 5) is 4.73. The quantitative estimate of drug-likeness (QED) is 0.335. The number of hydrogen-bond donors (Lipinski definition) is 0. The van der Waals surface area contributed by atoms with Crippen molar-refractivity contribution in [3.8, 4) is 0 Å². The fourth-order valence-electron chi connectivity index (χ4n) is 1.28. The van der Waals surface area contributed by atoms with E-state index in [0.29, 0.717) is 0 Å². The van der Waals surface area contributed by atoms with Crippen molar-refractivity contribution < 1.29 is 42.6 Å². The van der Waals surface area contributed by atoms with Gasteiger partial charge in [0.15, 0.2) is 0 Å². The molecule has 1 heterocycles. The molecule has 1 aliphatic heterocycles. The molecule has 0 atom stereocenters. The molecule has 0 bridgehead atoms. The molecule has 0 N–H and O–H groups in total. The fourth-order valence-corrected chi connectivity index (χ4v) is 2.47. The van der Waals surface area contributed by atoms with Crippen molar-refractivity contribution >= 4 is 4.15 Å². The second-order valence-electron chi connectivity index (χ2n) is 2.75. The summed E-state index contributed by atoms with van der Waals surface area (Å²) in [6.45, 7) is 34.2. The van der Waals surface area contributed by atoms with Crippen LogP contribution in [0, 0.1) is 33.3 Å². The van der Waals surface area contributed by atoms with Gasteiger partial charge in [-0.25, -0.2) is 0 Å². The Morgan fingerprint density at radius 3 is 1.18 bits per heavy atom. The SMILES string of the molecule is C=CCN1CCN(CC=C)[C]1=[W].[C-]#[O+].[C-]#[O+].[C-]#[O+].[C-]#[O+].[C-]#[O+]. The van der Waals surface area contributed by atoms with E-state index in [1.807, 2.05) is 12.2 Å². The molecule has 8 heteroatoms. The van der Waals surface area contributed by atoms with Gasteiger partial charge in [0.1, 0.15) is 0 Å². The van der Waals surface area contributed by atoms with E-state index in [1.54, 1.807) is 0 Å². The van der Waals surface area contributed by atoms with Crippen LogP contribution in [0.15, 0.2) is 25.3 Å². The van der Waals surface area contributed by atoms with Gasteiger partial charge >= 0.3 is 141 Å². The minimum atomic E-state index is 0.979. The van der Waals surface area contributed by atoms with Gasteiger partial charge in [-0.2, -0.15) is 0 Å². The van der Waals surface area contributed by atoms with E-state index in [2.05, 4.69) is 56.2 Å². The Hall–Kier alpha value is -1.34. The van der Waals surface area contributed by atoms with E-state index < -0.39 is 0 Å². The Balaban J connectivity index is -0.0000000822. The predicted molar refractivity (Wildman–Crippen MR) is 68.2 cm³/mol. The second-order valence-corrected chi connectivity index (χ2v) is 4.06. The van der Waals surface area contributed by atoms with E-state index in [1.165, 1.54) is 23.5 Å². The summed E-state index contributed by atoms with van der Waals surface area (Å²) in [5.74, 6) is 0. The van der Waals surface area contributed by atoms with E-state index in [9.17, 15) is 0 Å². The third-order valence-electron chi connectivity index (χ3n) is 1.88. The molecule has 0 radical (unpaired) electrons. The van der Waals surface area contributed by atoms with Crippen LogP contribution in [0.1, 0.15) is 0 Å². The molecule has 0 spiro atoms. The summed E-state index contributed by atoms with van der Waals surface area (Å²) in [7, 11) is 0. The maximum atomic E-state index is 7.50. The van der Waals surface area contributed by atoms with E-state index >= 15 is 0 Å². The predicted octanol–water partition coefficient (Wildman–Crippen LogP) is 0.423. The van der Waals surface area contributed by atoms with Gasteiger partial charge in [-0.1, -0.05) is 0 Å². The van der Waals surface area contributed by atoms with Crippen molar-refractivity contribution in [1.29, 1.82) is 0 Å². The molecule has 0 unspecified atom stereocenters. The van der Waals surface area contributed by atoms with Gasteiger partial charge in [0.25, 0.3) is 0 Å². The summed E-state index contributed by atoms with van der Waals surface area (Å²) in [5, 5.41) is 0. The molecule has 1 aliphatic rings. The fraction of sp³-hybridized carbons (Fsp3) is 0.286. The van der Waals surface area contributed by atoms with Crippen molar-refractivity contribution in [2.24, 2.45) is 0 Å². The molecule has 0 aromatic carbocycles. The van der Waals surface area contributed by atoms with Crippen molar-refractivity contribution in [3.05, 3.63) is 58.6 Å². The zero-order valence-electron chi connectivity index (χ0n) is 11.7. The Morgan fingerprint density at radius 2 is 1.00 bits per heavy atom. The summed E-state index contributed by atoms with van der Waals surface area (Å²) < 4.78 is 38.9. The second kappa shape index (κ2) is 36.7. The Labute approximate surface area is 141 Å². The van der Waals surface area contributed by atoms with Crippen molar-refractivity contribution in [3.63, 3.8) is 0 Å². The maximum absolute atomic E-state index is 7.50. The van der Waals surface area contributed by atoms with Crippen LogP contribution < -0.4 is 0 Å². The Morgan fingerprint density at radius 1 is 0.773 bits per heavy atom. The molecule has 0 aliphatic carbocycles. The van der Waals surface area contributed by atoms with Gasteiger partial charge in [0, 0.05) is 0 Å². The Bertz CT molecular complexity index is 330. The molecular weight excluding hydrogens is 460 g/mol. The van der Waals surface area contributed by atoms with Crippen LogP contribution >= 0.6 is 0 Å². The molecule has 1 fully saturated rings. The van der Waals surface area contributed by atoms with Crippen LogP contribution in [-0.4, -0.2) is 40.1 Å². The monoisotopic (exact) mass is 474 g/mol. The summed E-state index contributed by atoms with van der Waals surface area (Å²) in [6, 6.07) is 0. The minimum absolute atomic E-state index is 0.979. The summed E-state index contributed by atoms with van der Waals surface area (Å²) in [6.07, 6.45) is 3.92. The zero-order chi connectivity index (χ0) is 19.0. The van der Waals surface area contributed by atoms with Gasteiger partial charge in [-0.3, -0.25) is 0 Å². The third kappa shape index (κ3) is 18.7. The molecule has 7 nitrogen and oxygen atoms in total. The van der Waals surface area contributed by atoms with E-state index in [-0.39, 0.29) is 0 Å². The first kappa shape index (κ1) is 32.6. The van der Waals surface area contributed by atoms with Crippen LogP contribution in [0.4, 0.5) is 0 Å². The first-order valence-corrected chi connectivity index (χ1v) is 6.54. The molecule has 0 amide bonds. The number of hydrogen-bond acceptors (Lipinski definition) is 2. The molecule has 1 rings (SSSR count). The van der Waals surface area contributed by atoms with Gasteiger partial charge in [-0.05, 0) is 0 Å². The molecule has 0 saturated carbocycles. The van der Waals surface area contributed by atoms with Gasteiger partial charge in [-0.15, -0.1) is 0 Å². The zero-order valence-corrected chi connectivity index (χ0v) is 14.7. The van der Waals surface area contributed by atoms with Gasteiger partial charge < -0.3 is 0 Å². The average molecular weight is 474 g/mol. The molecular formula is C14H14N2O5W. The van der Waals surface area contributed by atoms with Crippen molar-refractivity contribution in [2.75, 3.05) is 26.2 Å². The van der Waals surface area contributed by atoms with Crippen LogP contribution in [-0.2, 0) is 42.6 Å². The van der Waals surface area contributed by atoms with Crippen LogP contribution in [0.25, 0.3) is 0 Å². The standard InChI is InChI=1S/C9H14N2.5CO.W/c1-3-5-10-7-8-11(9-10)6-4-2;5*1-2;/h3-4H,1-2,5-8H2;;;;;;. The summed E-state index contributed by atoms with van der Waals surface area (Å²) in [5.41, 5.74) is 0. The number of rotatable bonds is 4. The van der Waals surface area contributed by atoms with E-state index in [4.69, 9.17) is 23.3 Å². The summed E-state index contributed by atoms with van der Waals surface area (Å²) >= 11 is 1.53. The van der Waals surface area contributed by atoms with E-state index in [0.717, 1.165) is 26.2 Å². The Kier molecular flexibility index (Phi) is 54.3. The molecule has 1 saturated heterocycles. The van der Waals surface area contributed by atoms with Crippen LogP contribution in [0.5, 0.6) is 0 Å². The van der Waals surface area contributed by atoms with Crippen LogP contribution in [0.2, 0.25) is 0 Å². The third-order valence-corrected chi connectivity index (χ3v) is 3.74. The van der Waals surface area contributed by atoms with Crippen molar-refractivity contribution in [2.45, 2.75) is 0 Å². The van der Waals surface area contributed by atoms with Crippen molar-refractivity contribution in [1.82, 2.24) is 9.80 Å². The molecule has 116 valence electrons. The topological polar surface area (TPSA) is 106 Å². The molecule has 22 heavy (non-hydrogen) atoms. The van der Waals surface area contributed by atoms with Crippen LogP contribution in [0.3, 0.4) is 0 Å².